The fraction of sp³-hybridized carbons (Fsp3) is 0.294. The van der Waals surface area contributed by atoms with E-state index in [-0.39, 0.29) is 17.8 Å². The monoisotopic (exact) mass is 324 g/mol. The topological polar surface area (TPSA) is 29.3 Å². The molecule has 0 saturated carbocycles. The van der Waals surface area contributed by atoms with Gasteiger partial charge in [0.1, 0.15) is 0 Å². The summed E-state index contributed by atoms with van der Waals surface area (Å²) in [6.07, 6.45) is 0. The summed E-state index contributed by atoms with van der Waals surface area (Å²) in [6.45, 7) is 7.27. The molecule has 0 bridgehead atoms. The Labute approximate surface area is 138 Å². The van der Waals surface area contributed by atoms with Crippen LogP contribution in [-0.4, -0.2) is 0 Å². The van der Waals surface area contributed by atoms with Crippen LogP contribution in [0.3, 0.4) is 0 Å². The van der Waals surface area contributed by atoms with Gasteiger partial charge in [0.05, 0.1) is 12.2 Å². The van der Waals surface area contributed by atoms with Crippen LogP contribution < -0.4 is 10.9 Å². The lowest BCUT2D eigenvalue weighted by Crippen LogP contribution is -2.30. The molecular formula is C17H22Cl2N2. The first-order valence-electron chi connectivity index (χ1n) is 6.73. The molecular weight excluding hydrogens is 303 g/mol. The molecule has 114 valence electrons. The third-order valence-corrected chi connectivity index (χ3v) is 3.58. The molecule has 0 fully saturated rings. The van der Waals surface area contributed by atoms with Crippen LogP contribution >= 0.6 is 24.0 Å². The Kier molecular flexibility index (Phi) is 6.09. The van der Waals surface area contributed by atoms with Gasteiger partial charge in [-0.2, -0.15) is 0 Å². The number of anilines is 1. The Balaban J connectivity index is 0.00000220. The molecule has 0 saturated heterocycles. The summed E-state index contributed by atoms with van der Waals surface area (Å²) in [6, 6.07) is 16.2. The highest BCUT2D eigenvalue weighted by Crippen LogP contribution is 2.24. The predicted octanol–water partition coefficient (Wildman–Crippen LogP) is 4.94. The largest absolute Gasteiger partial charge is 0.307 e. The highest BCUT2D eigenvalue weighted by molar-refractivity contribution is 6.30. The normalized spacial score (nSPS) is 10.9. The first kappa shape index (κ1) is 17.8. The van der Waals surface area contributed by atoms with Crippen molar-refractivity contribution in [2.45, 2.75) is 32.7 Å². The Hall–Kier alpha value is -1.22. The van der Waals surface area contributed by atoms with Crippen molar-refractivity contribution < 1.29 is 0 Å². The van der Waals surface area contributed by atoms with E-state index in [9.17, 15) is 0 Å². The zero-order valence-electron chi connectivity index (χ0n) is 12.6. The van der Waals surface area contributed by atoms with E-state index in [1.807, 2.05) is 24.3 Å². The van der Waals surface area contributed by atoms with Gasteiger partial charge in [-0.15, -0.1) is 12.4 Å². The maximum absolute atomic E-state index is 6.12. The van der Waals surface area contributed by atoms with Crippen molar-refractivity contribution in [2.24, 2.45) is 5.84 Å². The average Bonchev–Trinajstić information content (AvgIpc) is 2.40. The predicted molar refractivity (Wildman–Crippen MR) is 94.2 cm³/mol. The number of nitrogens with zero attached hydrogens (tertiary/aromatic N) is 1. The van der Waals surface area contributed by atoms with Crippen molar-refractivity contribution in [1.82, 2.24) is 0 Å². The molecule has 0 unspecified atom stereocenters. The van der Waals surface area contributed by atoms with E-state index < -0.39 is 0 Å². The lowest BCUT2D eigenvalue weighted by atomic mass is 9.87. The van der Waals surface area contributed by atoms with Gasteiger partial charge in [0, 0.05) is 5.02 Å². The van der Waals surface area contributed by atoms with Crippen LogP contribution in [0.2, 0.25) is 5.02 Å². The highest BCUT2D eigenvalue weighted by atomic mass is 35.5. The number of benzene rings is 2. The van der Waals surface area contributed by atoms with E-state index in [0.717, 1.165) is 16.3 Å². The SMILES string of the molecule is CC(C)(C)c1ccc(N(N)Cc2ccc(Cl)cc2)cc1.Cl. The van der Waals surface area contributed by atoms with Gasteiger partial charge < -0.3 is 5.01 Å². The van der Waals surface area contributed by atoms with Crippen molar-refractivity contribution >= 4 is 29.7 Å². The smallest absolute Gasteiger partial charge is 0.0592 e. The van der Waals surface area contributed by atoms with Gasteiger partial charge in [-0.25, -0.2) is 5.84 Å². The van der Waals surface area contributed by atoms with Crippen molar-refractivity contribution in [3.05, 3.63) is 64.7 Å². The number of hydrogen-bond donors (Lipinski definition) is 1. The summed E-state index contributed by atoms with van der Waals surface area (Å²) >= 11 is 5.88. The van der Waals surface area contributed by atoms with Gasteiger partial charge >= 0.3 is 0 Å². The molecule has 21 heavy (non-hydrogen) atoms. The Morgan fingerprint density at radius 1 is 0.952 bits per heavy atom. The summed E-state index contributed by atoms with van der Waals surface area (Å²) in [7, 11) is 0. The van der Waals surface area contributed by atoms with E-state index in [0.29, 0.717) is 6.54 Å². The van der Waals surface area contributed by atoms with Crippen LogP contribution in [0.15, 0.2) is 48.5 Å². The minimum Gasteiger partial charge on any atom is -0.307 e. The van der Waals surface area contributed by atoms with Crippen LogP contribution in [0.25, 0.3) is 0 Å². The second-order valence-electron chi connectivity index (χ2n) is 6.05. The zero-order valence-corrected chi connectivity index (χ0v) is 14.2. The lowest BCUT2D eigenvalue weighted by Gasteiger charge is -2.22. The first-order chi connectivity index (χ1) is 9.36. The summed E-state index contributed by atoms with van der Waals surface area (Å²) < 4.78 is 0. The molecule has 2 rings (SSSR count). The van der Waals surface area contributed by atoms with E-state index in [1.165, 1.54) is 5.56 Å². The van der Waals surface area contributed by atoms with Crippen LogP contribution in [0, 0.1) is 0 Å². The number of hydrazine groups is 1. The maximum Gasteiger partial charge on any atom is 0.0592 e. The molecule has 2 aromatic carbocycles. The molecule has 0 heterocycles. The average molecular weight is 325 g/mol. The molecule has 0 aliphatic rings. The third-order valence-electron chi connectivity index (χ3n) is 3.33. The molecule has 2 aromatic rings. The first-order valence-corrected chi connectivity index (χ1v) is 7.11. The van der Waals surface area contributed by atoms with E-state index in [1.54, 1.807) is 5.01 Å². The molecule has 0 aromatic heterocycles. The van der Waals surface area contributed by atoms with E-state index in [4.69, 9.17) is 17.4 Å². The second-order valence-corrected chi connectivity index (χ2v) is 6.49. The van der Waals surface area contributed by atoms with Crippen LogP contribution in [0.4, 0.5) is 5.69 Å². The molecule has 4 heteroatoms. The van der Waals surface area contributed by atoms with Gasteiger partial charge in [-0.1, -0.05) is 56.6 Å². The third kappa shape index (κ3) is 4.92. The zero-order chi connectivity index (χ0) is 14.8. The van der Waals surface area contributed by atoms with Crippen LogP contribution in [0.5, 0.6) is 0 Å². The van der Waals surface area contributed by atoms with E-state index >= 15 is 0 Å². The van der Waals surface area contributed by atoms with Gasteiger partial charge in [-0.05, 0) is 40.8 Å². The summed E-state index contributed by atoms with van der Waals surface area (Å²) in [4.78, 5) is 0. The van der Waals surface area contributed by atoms with Crippen molar-refractivity contribution in [3.63, 3.8) is 0 Å². The maximum atomic E-state index is 6.12. The highest BCUT2D eigenvalue weighted by Gasteiger charge is 2.13. The summed E-state index contributed by atoms with van der Waals surface area (Å²) in [5, 5.41) is 2.49. The number of halogens is 2. The van der Waals surface area contributed by atoms with Crippen molar-refractivity contribution in [2.75, 3.05) is 5.01 Å². The Morgan fingerprint density at radius 3 is 1.95 bits per heavy atom. The number of hydrogen-bond acceptors (Lipinski definition) is 2. The Bertz CT molecular complexity index is 557. The quantitative estimate of drug-likeness (QED) is 0.640. The fourth-order valence-electron chi connectivity index (χ4n) is 2.03. The minimum atomic E-state index is 0. The van der Waals surface area contributed by atoms with Crippen LogP contribution in [0.1, 0.15) is 31.9 Å². The fourth-order valence-corrected chi connectivity index (χ4v) is 2.16. The molecule has 0 spiro atoms. The standard InChI is InChI=1S/C17H21ClN2.ClH/c1-17(2,3)14-6-10-16(11-7-14)20(19)12-13-4-8-15(18)9-5-13;/h4-11H,12,19H2,1-3H3;1H. The molecule has 0 aliphatic heterocycles. The van der Waals surface area contributed by atoms with E-state index in [2.05, 4.69) is 45.0 Å². The van der Waals surface area contributed by atoms with Crippen molar-refractivity contribution in [1.29, 1.82) is 0 Å². The minimum absolute atomic E-state index is 0. The van der Waals surface area contributed by atoms with Crippen LogP contribution in [-0.2, 0) is 12.0 Å². The molecule has 0 aliphatic carbocycles. The van der Waals surface area contributed by atoms with Crippen molar-refractivity contribution in [3.8, 4) is 0 Å². The summed E-state index contributed by atoms with van der Waals surface area (Å²) in [5.74, 6) is 6.12. The molecule has 0 radical (unpaired) electrons. The molecule has 2 N–H and O–H groups in total. The molecule has 0 amide bonds. The van der Waals surface area contributed by atoms with Gasteiger partial charge in [0.2, 0.25) is 0 Å². The molecule has 2 nitrogen and oxygen atoms in total. The number of nitrogens with two attached hydrogens (primary N) is 1. The van der Waals surface area contributed by atoms with Gasteiger partial charge in [0.15, 0.2) is 0 Å². The van der Waals surface area contributed by atoms with Gasteiger partial charge in [0.25, 0.3) is 0 Å². The molecule has 0 atom stereocenters. The lowest BCUT2D eigenvalue weighted by molar-refractivity contribution is 0.590. The number of rotatable bonds is 3. The second kappa shape index (κ2) is 7.17. The van der Waals surface area contributed by atoms with Gasteiger partial charge in [-0.3, -0.25) is 0 Å². The summed E-state index contributed by atoms with van der Waals surface area (Å²) in [5.41, 5.74) is 3.61. The Morgan fingerprint density at radius 2 is 1.48 bits per heavy atom.